The SMILES string of the molecule is CCOCOCC(CC(C(=O)NO)c1cccc2ccccc12)NC(=O)c1ccc(C)cc1. The van der Waals surface area contributed by atoms with Crippen molar-refractivity contribution in [1.29, 1.82) is 0 Å². The van der Waals surface area contributed by atoms with Crippen LogP contribution in [0.2, 0.25) is 0 Å². The molecule has 0 saturated heterocycles. The third kappa shape index (κ3) is 6.61. The van der Waals surface area contributed by atoms with Crippen LogP contribution in [0.5, 0.6) is 0 Å². The molecule has 0 fully saturated rings. The Balaban J connectivity index is 1.86. The fourth-order valence-electron chi connectivity index (χ4n) is 3.77. The number of fused-ring (bicyclic) bond motifs is 1. The van der Waals surface area contributed by atoms with Gasteiger partial charge in [-0.15, -0.1) is 0 Å². The van der Waals surface area contributed by atoms with Crippen molar-refractivity contribution in [2.45, 2.75) is 32.2 Å². The molecule has 0 bridgehead atoms. The van der Waals surface area contributed by atoms with Crippen LogP contribution in [0.3, 0.4) is 0 Å². The molecule has 3 aromatic carbocycles. The minimum absolute atomic E-state index is 0.0819. The molecule has 2 atom stereocenters. The summed E-state index contributed by atoms with van der Waals surface area (Å²) in [6, 6.07) is 20.2. The first-order chi connectivity index (χ1) is 16.0. The van der Waals surface area contributed by atoms with Crippen LogP contribution in [0, 0.1) is 6.92 Å². The van der Waals surface area contributed by atoms with E-state index in [1.165, 1.54) is 0 Å². The van der Waals surface area contributed by atoms with Crippen LogP contribution >= 0.6 is 0 Å². The molecule has 0 saturated carbocycles. The van der Waals surface area contributed by atoms with Crippen LogP contribution in [-0.2, 0) is 14.3 Å². The van der Waals surface area contributed by atoms with Crippen LogP contribution in [0.25, 0.3) is 10.8 Å². The van der Waals surface area contributed by atoms with E-state index < -0.39 is 17.9 Å². The highest BCUT2D eigenvalue weighted by atomic mass is 16.7. The van der Waals surface area contributed by atoms with Gasteiger partial charge in [-0.05, 0) is 48.7 Å². The van der Waals surface area contributed by atoms with Crippen LogP contribution in [0.15, 0.2) is 66.7 Å². The summed E-state index contributed by atoms with van der Waals surface area (Å²) < 4.78 is 10.8. The third-order valence-electron chi connectivity index (χ3n) is 5.48. The molecule has 0 aromatic heterocycles. The molecule has 0 spiro atoms. The largest absolute Gasteiger partial charge is 0.356 e. The number of rotatable bonds is 11. The Morgan fingerprint density at radius 3 is 2.42 bits per heavy atom. The molecule has 3 aromatic rings. The molecule has 3 rings (SSSR count). The minimum Gasteiger partial charge on any atom is -0.356 e. The number of hydrogen-bond donors (Lipinski definition) is 3. The maximum Gasteiger partial charge on any atom is 0.251 e. The van der Waals surface area contributed by atoms with E-state index in [-0.39, 0.29) is 25.7 Å². The normalized spacial score (nSPS) is 12.8. The standard InChI is InChI=1S/C26H30N2O5/c1-3-32-17-33-16-21(27-25(29)20-13-11-18(2)12-14-20)15-24(26(30)28-31)23-10-6-8-19-7-4-5-9-22(19)23/h4-14,21,24,31H,3,15-17H2,1-2H3,(H,27,29)(H,28,30). The highest BCUT2D eigenvalue weighted by molar-refractivity contribution is 5.95. The van der Waals surface area contributed by atoms with E-state index >= 15 is 0 Å². The molecule has 7 nitrogen and oxygen atoms in total. The van der Waals surface area contributed by atoms with Gasteiger partial charge in [0.25, 0.3) is 11.8 Å². The van der Waals surface area contributed by atoms with Gasteiger partial charge in [0.2, 0.25) is 0 Å². The molecule has 0 radical (unpaired) electrons. The van der Waals surface area contributed by atoms with Crippen LogP contribution in [0.1, 0.15) is 40.7 Å². The van der Waals surface area contributed by atoms with Crippen molar-refractivity contribution < 1.29 is 24.3 Å². The lowest BCUT2D eigenvalue weighted by Crippen LogP contribution is -2.41. The molecule has 7 heteroatoms. The molecule has 0 aliphatic carbocycles. The van der Waals surface area contributed by atoms with Gasteiger partial charge in [0.05, 0.1) is 18.6 Å². The van der Waals surface area contributed by atoms with Gasteiger partial charge < -0.3 is 14.8 Å². The number of hydroxylamine groups is 1. The molecular weight excluding hydrogens is 420 g/mol. The number of aryl methyl sites for hydroxylation is 1. The van der Waals surface area contributed by atoms with Gasteiger partial charge in [0.1, 0.15) is 6.79 Å². The molecule has 0 heterocycles. The smallest absolute Gasteiger partial charge is 0.251 e. The van der Waals surface area contributed by atoms with Gasteiger partial charge in [-0.3, -0.25) is 14.8 Å². The molecule has 3 N–H and O–H groups in total. The number of ether oxygens (including phenoxy) is 2. The zero-order valence-corrected chi connectivity index (χ0v) is 18.9. The maximum absolute atomic E-state index is 12.9. The number of hydrogen-bond acceptors (Lipinski definition) is 5. The lowest BCUT2D eigenvalue weighted by molar-refractivity contribution is -0.131. The summed E-state index contributed by atoms with van der Waals surface area (Å²) in [6.07, 6.45) is 0.226. The maximum atomic E-state index is 12.9. The van der Waals surface area contributed by atoms with Crippen LogP contribution in [0.4, 0.5) is 0 Å². The molecular formula is C26H30N2O5. The lowest BCUT2D eigenvalue weighted by Gasteiger charge is -2.25. The summed E-state index contributed by atoms with van der Waals surface area (Å²) in [4.78, 5) is 25.6. The first-order valence-corrected chi connectivity index (χ1v) is 11.0. The summed E-state index contributed by atoms with van der Waals surface area (Å²) in [5.41, 5.74) is 4.12. The summed E-state index contributed by atoms with van der Waals surface area (Å²) in [5.74, 6) is -1.52. The number of amides is 2. The van der Waals surface area contributed by atoms with Gasteiger partial charge in [-0.25, -0.2) is 5.48 Å². The second kappa shape index (κ2) is 12.1. The Hall–Kier alpha value is -3.26. The van der Waals surface area contributed by atoms with Crippen LogP contribution in [-0.4, -0.2) is 43.1 Å². The van der Waals surface area contributed by atoms with E-state index in [1.807, 2.05) is 68.4 Å². The highest BCUT2D eigenvalue weighted by Crippen LogP contribution is 2.29. The molecule has 0 aliphatic heterocycles. The Kier molecular flexibility index (Phi) is 8.95. The Morgan fingerprint density at radius 1 is 0.970 bits per heavy atom. The molecule has 2 unspecified atom stereocenters. The summed E-state index contributed by atoms with van der Waals surface area (Å²) in [7, 11) is 0. The van der Waals surface area contributed by atoms with Crippen LogP contribution < -0.4 is 10.8 Å². The van der Waals surface area contributed by atoms with E-state index in [2.05, 4.69) is 5.32 Å². The second-order valence-electron chi connectivity index (χ2n) is 7.85. The first-order valence-electron chi connectivity index (χ1n) is 11.0. The number of nitrogens with one attached hydrogen (secondary N) is 2. The minimum atomic E-state index is -0.708. The van der Waals surface area contributed by atoms with Crippen molar-refractivity contribution in [3.8, 4) is 0 Å². The van der Waals surface area contributed by atoms with Gasteiger partial charge in [0.15, 0.2) is 0 Å². The predicted octanol–water partition coefficient (Wildman–Crippen LogP) is 3.94. The molecule has 174 valence electrons. The summed E-state index contributed by atoms with van der Waals surface area (Å²) in [5, 5.41) is 14.3. The summed E-state index contributed by atoms with van der Waals surface area (Å²) in [6.45, 7) is 4.55. The second-order valence-corrected chi connectivity index (χ2v) is 7.85. The summed E-state index contributed by atoms with van der Waals surface area (Å²) >= 11 is 0. The van der Waals surface area contributed by atoms with E-state index in [1.54, 1.807) is 17.6 Å². The molecule has 2 amide bonds. The molecule has 0 aliphatic rings. The van der Waals surface area contributed by atoms with Gasteiger partial charge in [0, 0.05) is 12.2 Å². The Morgan fingerprint density at radius 2 is 1.70 bits per heavy atom. The fourth-order valence-corrected chi connectivity index (χ4v) is 3.77. The average Bonchev–Trinajstić information content (AvgIpc) is 2.84. The van der Waals surface area contributed by atoms with Crippen molar-refractivity contribution in [1.82, 2.24) is 10.8 Å². The van der Waals surface area contributed by atoms with Crippen molar-refractivity contribution in [3.63, 3.8) is 0 Å². The Labute approximate surface area is 193 Å². The fraction of sp³-hybridized carbons (Fsp3) is 0.308. The van der Waals surface area contributed by atoms with E-state index in [0.717, 1.165) is 21.9 Å². The quantitative estimate of drug-likeness (QED) is 0.178. The monoisotopic (exact) mass is 450 g/mol. The number of benzene rings is 3. The zero-order valence-electron chi connectivity index (χ0n) is 18.9. The topological polar surface area (TPSA) is 96.9 Å². The van der Waals surface area contributed by atoms with Gasteiger partial charge in [-0.1, -0.05) is 60.2 Å². The Bertz CT molecular complexity index is 1060. The van der Waals surface area contributed by atoms with Crippen molar-refractivity contribution in [3.05, 3.63) is 83.4 Å². The first kappa shape index (κ1) is 24.4. The highest BCUT2D eigenvalue weighted by Gasteiger charge is 2.27. The molecule has 33 heavy (non-hydrogen) atoms. The lowest BCUT2D eigenvalue weighted by atomic mass is 9.88. The number of carbonyl (C=O) groups excluding carboxylic acids is 2. The average molecular weight is 451 g/mol. The van der Waals surface area contributed by atoms with E-state index in [9.17, 15) is 14.8 Å². The van der Waals surface area contributed by atoms with Gasteiger partial charge >= 0.3 is 0 Å². The van der Waals surface area contributed by atoms with Gasteiger partial charge in [-0.2, -0.15) is 0 Å². The van der Waals surface area contributed by atoms with E-state index in [4.69, 9.17) is 9.47 Å². The zero-order chi connectivity index (χ0) is 23.6. The number of carbonyl (C=O) groups is 2. The van der Waals surface area contributed by atoms with E-state index in [0.29, 0.717) is 12.2 Å². The van der Waals surface area contributed by atoms with Crippen molar-refractivity contribution in [2.75, 3.05) is 20.0 Å². The third-order valence-corrected chi connectivity index (χ3v) is 5.48. The van der Waals surface area contributed by atoms with Crippen molar-refractivity contribution in [2.24, 2.45) is 0 Å². The predicted molar refractivity (Wildman–Crippen MR) is 126 cm³/mol. The van der Waals surface area contributed by atoms with Crippen molar-refractivity contribution >= 4 is 22.6 Å².